The topological polar surface area (TPSA) is 77.2 Å². The number of nitrogens with two attached hydrogens (primary N) is 1. The largest absolute Gasteiger partial charge is 0.490 e. The molecular formula is C19H21F2N3O2. The van der Waals surface area contributed by atoms with Crippen molar-refractivity contribution in [2.24, 2.45) is 0 Å². The van der Waals surface area contributed by atoms with Crippen LogP contribution in [0.25, 0.3) is 0 Å². The fraction of sp³-hybridized carbons (Fsp3) is 0.263. The summed E-state index contributed by atoms with van der Waals surface area (Å²) in [5.41, 5.74) is 5.82. The number of anilines is 1. The molecule has 0 fully saturated rings. The van der Waals surface area contributed by atoms with Gasteiger partial charge in [-0.15, -0.1) is 0 Å². The van der Waals surface area contributed by atoms with E-state index in [2.05, 4.69) is 10.3 Å². The minimum absolute atomic E-state index is 0.0296. The monoisotopic (exact) mass is 361 g/mol. The maximum absolute atomic E-state index is 14.5. The number of nitrogens with one attached hydrogen (secondary N) is 1. The van der Waals surface area contributed by atoms with Gasteiger partial charge in [0.1, 0.15) is 5.82 Å². The normalized spacial score (nSPS) is 10.9. The fourth-order valence-electron chi connectivity index (χ4n) is 2.24. The van der Waals surface area contributed by atoms with E-state index < -0.39 is 17.7 Å². The molecule has 3 N–H and O–H groups in total. The first kappa shape index (κ1) is 19.4. The number of carbonyl (C=O) groups is 1. The van der Waals surface area contributed by atoms with E-state index in [1.54, 1.807) is 12.1 Å². The van der Waals surface area contributed by atoms with Crippen molar-refractivity contribution in [1.29, 1.82) is 0 Å². The molecule has 0 spiro atoms. The van der Waals surface area contributed by atoms with Gasteiger partial charge in [0.15, 0.2) is 11.6 Å². The molecule has 0 aliphatic carbocycles. The number of rotatable bonds is 8. The van der Waals surface area contributed by atoms with Crippen LogP contribution in [-0.2, 0) is 6.54 Å². The number of amides is 1. The lowest BCUT2D eigenvalue weighted by atomic mass is 10.2. The predicted octanol–water partition coefficient (Wildman–Crippen LogP) is 3.61. The third-order valence-corrected chi connectivity index (χ3v) is 3.56. The van der Waals surface area contributed by atoms with Crippen LogP contribution in [-0.4, -0.2) is 17.5 Å². The summed E-state index contributed by atoms with van der Waals surface area (Å²) in [6, 6.07) is 6.99. The first-order valence-corrected chi connectivity index (χ1v) is 8.28. The number of pyridine rings is 1. The van der Waals surface area contributed by atoms with Gasteiger partial charge in [-0.1, -0.05) is 31.2 Å². The van der Waals surface area contributed by atoms with Gasteiger partial charge in [0.05, 0.1) is 12.2 Å². The number of hydrogen-bond donors (Lipinski definition) is 2. The van der Waals surface area contributed by atoms with Crippen molar-refractivity contribution in [2.75, 3.05) is 12.3 Å². The van der Waals surface area contributed by atoms with Gasteiger partial charge in [-0.05, 0) is 31.0 Å². The SMILES string of the molecule is CCC=CCCOc1cccc(CNC(=O)c2ccc(F)nc2N)c1F. The molecule has 26 heavy (non-hydrogen) atoms. The van der Waals surface area contributed by atoms with E-state index in [0.29, 0.717) is 13.0 Å². The third-order valence-electron chi connectivity index (χ3n) is 3.56. The highest BCUT2D eigenvalue weighted by Gasteiger charge is 2.14. The van der Waals surface area contributed by atoms with Gasteiger partial charge in [0.2, 0.25) is 5.95 Å². The molecule has 0 saturated heterocycles. The van der Waals surface area contributed by atoms with E-state index in [1.807, 2.05) is 19.1 Å². The van der Waals surface area contributed by atoms with E-state index in [4.69, 9.17) is 10.5 Å². The van der Waals surface area contributed by atoms with Crippen LogP contribution in [0, 0.1) is 11.8 Å². The zero-order chi connectivity index (χ0) is 18.9. The Morgan fingerprint density at radius 3 is 2.81 bits per heavy atom. The Bertz CT molecular complexity index is 794. The Balaban J connectivity index is 1.97. The molecule has 138 valence electrons. The van der Waals surface area contributed by atoms with Crippen LogP contribution in [0.5, 0.6) is 5.75 Å². The molecule has 0 bridgehead atoms. The molecular weight excluding hydrogens is 340 g/mol. The second kappa shape index (κ2) is 9.50. The van der Waals surface area contributed by atoms with Gasteiger partial charge in [-0.3, -0.25) is 4.79 Å². The molecule has 2 rings (SSSR count). The summed E-state index contributed by atoms with van der Waals surface area (Å²) < 4.78 is 32.8. The molecule has 0 atom stereocenters. The van der Waals surface area contributed by atoms with Gasteiger partial charge in [0.25, 0.3) is 5.91 Å². The van der Waals surface area contributed by atoms with Gasteiger partial charge in [-0.2, -0.15) is 4.39 Å². The molecule has 0 aliphatic rings. The summed E-state index contributed by atoms with van der Waals surface area (Å²) in [7, 11) is 0. The van der Waals surface area contributed by atoms with Crippen molar-refractivity contribution in [3.8, 4) is 5.75 Å². The number of benzene rings is 1. The number of ether oxygens (including phenoxy) is 1. The molecule has 1 amide bonds. The summed E-state index contributed by atoms with van der Waals surface area (Å²) in [6.07, 6.45) is 5.62. The van der Waals surface area contributed by atoms with Crippen LogP contribution in [0.3, 0.4) is 0 Å². The molecule has 2 aromatic rings. The third kappa shape index (κ3) is 5.27. The maximum atomic E-state index is 14.5. The molecule has 0 radical (unpaired) electrons. The zero-order valence-electron chi connectivity index (χ0n) is 14.5. The number of nitrogen functional groups attached to an aromatic ring is 1. The van der Waals surface area contributed by atoms with Gasteiger partial charge < -0.3 is 15.8 Å². The Hall–Kier alpha value is -2.96. The molecule has 1 aromatic carbocycles. The maximum Gasteiger partial charge on any atom is 0.255 e. The first-order valence-electron chi connectivity index (χ1n) is 8.28. The minimum Gasteiger partial charge on any atom is -0.490 e. The minimum atomic E-state index is -0.774. The fourth-order valence-corrected chi connectivity index (χ4v) is 2.24. The zero-order valence-corrected chi connectivity index (χ0v) is 14.5. The summed E-state index contributed by atoms with van der Waals surface area (Å²) >= 11 is 0. The standard InChI is InChI=1S/C19H21F2N3O2/c1-2-3-4-5-11-26-15-8-6-7-13(17(15)21)12-23-19(25)14-9-10-16(20)24-18(14)22/h3-4,6-10H,2,5,11-12H2,1H3,(H2,22,24)(H,23,25). The molecule has 0 unspecified atom stereocenters. The lowest BCUT2D eigenvalue weighted by molar-refractivity contribution is 0.0951. The molecule has 1 heterocycles. The van der Waals surface area contributed by atoms with Gasteiger partial charge >= 0.3 is 0 Å². The Kier molecular flexibility index (Phi) is 7.08. The van der Waals surface area contributed by atoms with Gasteiger partial charge in [-0.25, -0.2) is 9.37 Å². The molecule has 7 heteroatoms. The average molecular weight is 361 g/mol. The first-order chi connectivity index (χ1) is 12.5. The van der Waals surface area contributed by atoms with Crippen LogP contribution in [0.2, 0.25) is 0 Å². The number of hydrogen-bond acceptors (Lipinski definition) is 4. The van der Waals surface area contributed by atoms with E-state index in [1.165, 1.54) is 12.1 Å². The van der Waals surface area contributed by atoms with E-state index in [9.17, 15) is 13.6 Å². The second-order valence-electron chi connectivity index (χ2n) is 5.50. The van der Waals surface area contributed by atoms with Crippen LogP contribution in [0.4, 0.5) is 14.6 Å². The van der Waals surface area contributed by atoms with Crippen molar-refractivity contribution in [1.82, 2.24) is 10.3 Å². The number of carbonyl (C=O) groups excluding carboxylic acids is 1. The van der Waals surface area contributed by atoms with Gasteiger partial charge in [0, 0.05) is 12.1 Å². The summed E-state index contributed by atoms with van der Waals surface area (Å²) in [4.78, 5) is 15.5. The van der Waals surface area contributed by atoms with Crippen molar-refractivity contribution in [3.63, 3.8) is 0 Å². The van der Waals surface area contributed by atoms with Crippen LogP contribution >= 0.6 is 0 Å². The smallest absolute Gasteiger partial charge is 0.255 e. The van der Waals surface area contributed by atoms with Crippen molar-refractivity contribution < 1.29 is 18.3 Å². The molecule has 0 aliphatic heterocycles. The highest BCUT2D eigenvalue weighted by atomic mass is 19.1. The number of aromatic nitrogens is 1. The molecule has 1 aromatic heterocycles. The number of halogens is 2. The lowest BCUT2D eigenvalue weighted by Crippen LogP contribution is -2.24. The van der Waals surface area contributed by atoms with Crippen molar-refractivity contribution in [2.45, 2.75) is 26.3 Å². The van der Waals surface area contributed by atoms with E-state index in [0.717, 1.165) is 12.5 Å². The van der Waals surface area contributed by atoms with E-state index >= 15 is 0 Å². The van der Waals surface area contributed by atoms with Crippen LogP contribution in [0.15, 0.2) is 42.5 Å². The Morgan fingerprint density at radius 1 is 1.27 bits per heavy atom. The second-order valence-corrected chi connectivity index (χ2v) is 5.50. The van der Waals surface area contributed by atoms with Crippen molar-refractivity contribution >= 4 is 11.7 Å². The number of nitrogens with zero attached hydrogens (tertiary/aromatic N) is 1. The number of allylic oxidation sites excluding steroid dienone is 1. The summed E-state index contributed by atoms with van der Waals surface area (Å²) in [5.74, 6) is -1.96. The predicted molar refractivity (Wildman–Crippen MR) is 95.7 cm³/mol. The molecule has 0 saturated carbocycles. The Labute approximate surface area is 150 Å². The highest BCUT2D eigenvalue weighted by molar-refractivity contribution is 5.98. The summed E-state index contributed by atoms with van der Waals surface area (Å²) in [6.45, 7) is 2.33. The lowest BCUT2D eigenvalue weighted by Gasteiger charge is -2.11. The van der Waals surface area contributed by atoms with Crippen molar-refractivity contribution in [3.05, 3.63) is 65.4 Å². The molecule has 5 nitrogen and oxygen atoms in total. The van der Waals surface area contributed by atoms with Crippen LogP contribution in [0.1, 0.15) is 35.7 Å². The summed E-state index contributed by atoms with van der Waals surface area (Å²) in [5, 5.41) is 2.54. The average Bonchev–Trinajstić information content (AvgIpc) is 2.61. The Morgan fingerprint density at radius 2 is 2.08 bits per heavy atom. The van der Waals surface area contributed by atoms with E-state index in [-0.39, 0.29) is 29.2 Å². The quantitative estimate of drug-likeness (QED) is 0.428. The van der Waals surface area contributed by atoms with Crippen LogP contribution < -0.4 is 15.8 Å². The highest BCUT2D eigenvalue weighted by Crippen LogP contribution is 2.21.